The molecule has 192 valence electrons. The van der Waals surface area contributed by atoms with Gasteiger partial charge >= 0.3 is 0 Å². The fourth-order valence-corrected chi connectivity index (χ4v) is 7.22. The van der Waals surface area contributed by atoms with E-state index in [1.54, 1.807) is 0 Å². The van der Waals surface area contributed by atoms with E-state index in [0.29, 0.717) is 30.5 Å². The normalized spacial score (nSPS) is 16.5. The van der Waals surface area contributed by atoms with Crippen molar-refractivity contribution in [1.82, 2.24) is 10.2 Å². The summed E-state index contributed by atoms with van der Waals surface area (Å²) in [6, 6.07) is 18.5. The lowest BCUT2D eigenvalue weighted by molar-refractivity contribution is 0.0320. The minimum absolute atomic E-state index is 0.0987. The van der Waals surface area contributed by atoms with Gasteiger partial charge in [-0.15, -0.1) is 11.6 Å². The highest BCUT2D eigenvalue weighted by Gasteiger charge is 2.48. The Kier molecular flexibility index (Phi) is 8.37. The van der Waals surface area contributed by atoms with E-state index in [0.717, 1.165) is 34.9 Å². The van der Waals surface area contributed by atoms with Gasteiger partial charge in [0, 0.05) is 30.1 Å². The van der Waals surface area contributed by atoms with Crippen LogP contribution in [-0.4, -0.2) is 44.2 Å². The zero-order chi connectivity index (χ0) is 25.9. The Bertz CT molecular complexity index is 1280. The van der Waals surface area contributed by atoms with E-state index in [1.807, 2.05) is 55.5 Å². The van der Waals surface area contributed by atoms with Gasteiger partial charge in [-0.1, -0.05) is 54.9 Å². The number of nitrogens with zero attached hydrogens (tertiary/aromatic N) is 1. The molecule has 0 aliphatic carbocycles. The van der Waals surface area contributed by atoms with Crippen LogP contribution >= 0.6 is 23.2 Å². The Labute approximate surface area is 221 Å². The van der Waals surface area contributed by atoms with Gasteiger partial charge in [0.25, 0.3) is 0 Å². The van der Waals surface area contributed by atoms with Gasteiger partial charge in [0.1, 0.15) is 11.6 Å². The van der Waals surface area contributed by atoms with Crippen molar-refractivity contribution in [2.45, 2.75) is 30.1 Å². The molecule has 3 aromatic carbocycles. The van der Waals surface area contributed by atoms with Crippen LogP contribution in [0.3, 0.4) is 0 Å². The average Bonchev–Trinajstić information content (AvgIpc) is 2.78. The number of hydrogen-bond acceptors (Lipinski definition) is 4. The van der Waals surface area contributed by atoms with Crippen LogP contribution in [0.25, 0.3) is 0 Å². The largest absolute Gasteiger partial charge is 0.308 e. The van der Waals surface area contributed by atoms with Crippen molar-refractivity contribution in [2.75, 3.05) is 25.4 Å². The molecule has 1 unspecified atom stereocenters. The predicted molar refractivity (Wildman–Crippen MR) is 141 cm³/mol. The van der Waals surface area contributed by atoms with Gasteiger partial charge in [0.05, 0.1) is 23.1 Å². The maximum absolute atomic E-state index is 13.6. The maximum Gasteiger partial charge on any atom is 0.156 e. The minimum atomic E-state index is -3.66. The molecule has 1 heterocycles. The molecule has 0 radical (unpaired) electrons. The third-order valence-corrected chi connectivity index (χ3v) is 8.70. The highest BCUT2D eigenvalue weighted by atomic mass is 35.5. The van der Waals surface area contributed by atoms with E-state index in [1.165, 1.54) is 0 Å². The Hall–Kier alpha value is -2.03. The summed E-state index contributed by atoms with van der Waals surface area (Å²) in [7, 11) is -3.66. The summed E-state index contributed by atoms with van der Waals surface area (Å²) in [4.78, 5) is 2.22. The fraction of sp³-hybridized carbons (Fsp3) is 0.333. The molecule has 9 heteroatoms. The second-order valence-corrected chi connectivity index (χ2v) is 12.1. The second kappa shape index (κ2) is 11.2. The van der Waals surface area contributed by atoms with Gasteiger partial charge < -0.3 is 5.32 Å². The summed E-state index contributed by atoms with van der Waals surface area (Å²) in [5.41, 5.74) is 2.56. The quantitative estimate of drug-likeness (QED) is 0.326. The Balaban J connectivity index is 1.57. The number of likely N-dealkylation sites (tertiary alicyclic amines) is 1. The predicted octanol–water partition coefficient (Wildman–Crippen LogP) is 5.73. The van der Waals surface area contributed by atoms with Gasteiger partial charge in [-0.2, -0.15) is 0 Å². The molecule has 0 saturated carbocycles. The van der Waals surface area contributed by atoms with Gasteiger partial charge in [0.2, 0.25) is 0 Å². The zero-order valence-corrected chi connectivity index (χ0v) is 22.2. The lowest BCUT2D eigenvalue weighted by Gasteiger charge is -2.53. The number of likely N-dealkylation sites (N-methyl/N-ethyl adjacent to an activating group) is 1. The molecule has 0 aromatic heterocycles. The van der Waals surface area contributed by atoms with E-state index in [4.69, 9.17) is 23.2 Å². The summed E-state index contributed by atoms with van der Waals surface area (Å²) in [6.07, 6.45) is 0. The number of benzene rings is 3. The van der Waals surface area contributed by atoms with Crippen LogP contribution < -0.4 is 5.32 Å². The van der Waals surface area contributed by atoms with E-state index in [-0.39, 0.29) is 17.4 Å². The molecule has 1 N–H and O–H groups in total. The van der Waals surface area contributed by atoms with Crippen molar-refractivity contribution in [1.29, 1.82) is 0 Å². The Morgan fingerprint density at radius 3 is 2.03 bits per heavy atom. The van der Waals surface area contributed by atoms with Gasteiger partial charge in [-0.25, -0.2) is 17.2 Å². The molecule has 36 heavy (non-hydrogen) atoms. The number of hydrogen-bond donors (Lipinski definition) is 1. The van der Waals surface area contributed by atoms with Gasteiger partial charge in [-0.05, 0) is 53.1 Å². The SMILES string of the molecule is CCNC1(CS(=O)(=O)Cc2cc(F)cc(F)c2)CN(C(c2ccc(Cl)cc2)c2ccc(CCl)cc2)C1. The molecule has 1 saturated heterocycles. The van der Waals surface area contributed by atoms with Crippen molar-refractivity contribution in [3.8, 4) is 0 Å². The third-order valence-electron chi connectivity index (χ3n) is 6.37. The summed E-state index contributed by atoms with van der Waals surface area (Å²) in [5, 5.41) is 4.01. The number of nitrogens with one attached hydrogen (secondary N) is 1. The molecular weight excluding hydrogens is 525 g/mol. The van der Waals surface area contributed by atoms with Crippen LogP contribution in [0, 0.1) is 11.6 Å². The smallest absolute Gasteiger partial charge is 0.156 e. The second-order valence-electron chi connectivity index (χ2n) is 9.35. The topological polar surface area (TPSA) is 49.4 Å². The number of sulfone groups is 1. The van der Waals surface area contributed by atoms with Crippen molar-refractivity contribution in [3.05, 3.63) is 106 Å². The average molecular weight is 554 g/mol. The van der Waals surface area contributed by atoms with Crippen molar-refractivity contribution >= 4 is 33.0 Å². The Morgan fingerprint density at radius 1 is 0.944 bits per heavy atom. The number of alkyl halides is 1. The highest BCUT2D eigenvalue weighted by molar-refractivity contribution is 7.90. The molecule has 1 aliphatic rings. The molecule has 0 amide bonds. The van der Waals surface area contributed by atoms with Crippen LogP contribution in [0.4, 0.5) is 8.78 Å². The van der Waals surface area contributed by atoms with Crippen molar-refractivity contribution in [2.24, 2.45) is 0 Å². The molecule has 4 nitrogen and oxygen atoms in total. The third kappa shape index (κ3) is 6.45. The molecule has 3 aromatic rings. The van der Waals surface area contributed by atoms with Crippen LogP contribution in [0.2, 0.25) is 5.02 Å². The minimum Gasteiger partial charge on any atom is -0.308 e. The lowest BCUT2D eigenvalue weighted by atomic mass is 9.85. The van der Waals surface area contributed by atoms with Crippen molar-refractivity contribution < 1.29 is 17.2 Å². The first-order chi connectivity index (χ1) is 17.1. The van der Waals surface area contributed by atoms with E-state index < -0.39 is 32.8 Å². The monoisotopic (exact) mass is 552 g/mol. The number of rotatable bonds is 10. The highest BCUT2D eigenvalue weighted by Crippen LogP contribution is 2.37. The molecule has 0 bridgehead atoms. The molecular formula is C27H28Cl2F2N2O2S. The first-order valence-electron chi connectivity index (χ1n) is 11.7. The summed E-state index contributed by atoms with van der Waals surface area (Å²) < 4.78 is 53.4. The first kappa shape index (κ1) is 27.0. The van der Waals surface area contributed by atoms with Crippen LogP contribution in [0.5, 0.6) is 0 Å². The fourth-order valence-electron chi connectivity index (χ4n) is 5.01. The number of halogens is 4. The molecule has 1 atom stereocenters. The molecule has 1 fully saturated rings. The lowest BCUT2D eigenvalue weighted by Crippen LogP contribution is -2.72. The zero-order valence-electron chi connectivity index (χ0n) is 19.9. The molecule has 4 rings (SSSR count). The molecule has 0 spiro atoms. The molecule has 1 aliphatic heterocycles. The van der Waals surface area contributed by atoms with E-state index in [9.17, 15) is 17.2 Å². The van der Waals surface area contributed by atoms with Crippen LogP contribution in [0.15, 0.2) is 66.7 Å². The van der Waals surface area contributed by atoms with E-state index in [2.05, 4.69) is 10.2 Å². The maximum atomic E-state index is 13.6. The van der Waals surface area contributed by atoms with Gasteiger partial charge in [0.15, 0.2) is 9.84 Å². The standard InChI is InChI=1S/C27H28Cl2F2N2O2S/c1-2-32-27(18-36(34,35)15-20-11-24(30)13-25(31)12-20)16-33(17-27)26(22-7-9-23(29)10-8-22)21-5-3-19(14-28)4-6-21/h3-13,26,32H,2,14-18H2,1H3. The van der Waals surface area contributed by atoms with Crippen molar-refractivity contribution in [3.63, 3.8) is 0 Å². The van der Waals surface area contributed by atoms with Crippen LogP contribution in [-0.2, 0) is 21.5 Å². The first-order valence-corrected chi connectivity index (χ1v) is 14.4. The summed E-state index contributed by atoms with van der Waals surface area (Å²) in [5.74, 6) is -1.72. The van der Waals surface area contributed by atoms with Crippen LogP contribution in [0.1, 0.15) is 35.2 Å². The Morgan fingerprint density at radius 2 is 1.50 bits per heavy atom. The summed E-state index contributed by atoms with van der Waals surface area (Å²) >= 11 is 12.1. The van der Waals surface area contributed by atoms with E-state index >= 15 is 0 Å². The summed E-state index contributed by atoms with van der Waals surface area (Å²) in [6.45, 7) is 3.50. The van der Waals surface area contributed by atoms with Gasteiger partial charge in [-0.3, -0.25) is 4.90 Å².